The number of fused-ring (bicyclic) bond motifs is 7. The minimum absolute atomic E-state index is 0.00554. The van der Waals surface area contributed by atoms with Gasteiger partial charge in [0.15, 0.2) is 11.6 Å². The van der Waals surface area contributed by atoms with Crippen molar-refractivity contribution >= 4 is 5.78 Å². The molecule has 4 nitrogen and oxygen atoms in total. The first-order valence-electron chi connectivity index (χ1n) is 12.9. The second-order valence-electron chi connectivity index (χ2n) is 12.6. The smallest absolute Gasteiger partial charge is 0.174 e. The van der Waals surface area contributed by atoms with Gasteiger partial charge in [-0.05, 0) is 80.1 Å². The quantitative estimate of drug-likeness (QED) is 0.587. The highest BCUT2D eigenvalue weighted by molar-refractivity contribution is 5.91. The first-order valence-corrected chi connectivity index (χ1v) is 12.9. The predicted octanol–water partition coefficient (Wildman–Crippen LogP) is 5.04. The molecule has 0 aromatic carbocycles. The van der Waals surface area contributed by atoms with Gasteiger partial charge in [0.05, 0.1) is 12.7 Å². The molecule has 4 heteroatoms. The molecule has 31 heavy (non-hydrogen) atoms. The Morgan fingerprint density at radius 2 is 1.84 bits per heavy atom. The van der Waals surface area contributed by atoms with Gasteiger partial charge in [-0.2, -0.15) is 0 Å². The van der Waals surface area contributed by atoms with Crippen LogP contribution in [0.3, 0.4) is 0 Å². The molecule has 1 spiro atoms. The third-order valence-electron chi connectivity index (χ3n) is 11.5. The zero-order chi connectivity index (χ0) is 21.8. The van der Waals surface area contributed by atoms with Crippen molar-refractivity contribution in [3.8, 4) is 0 Å². The van der Waals surface area contributed by atoms with Gasteiger partial charge in [-0.3, -0.25) is 4.79 Å². The number of carbonyl (C=O) groups is 1. The summed E-state index contributed by atoms with van der Waals surface area (Å²) >= 11 is 0. The largest absolute Gasteiger partial charge is 0.386 e. The van der Waals surface area contributed by atoms with Gasteiger partial charge in [-0.1, -0.05) is 33.3 Å². The number of aliphatic hydroxyl groups is 1. The molecule has 6 rings (SSSR count). The zero-order valence-electron chi connectivity index (χ0n) is 19.8. The van der Waals surface area contributed by atoms with Crippen LogP contribution < -0.4 is 0 Å². The minimum atomic E-state index is -0.803. The lowest BCUT2D eigenvalue weighted by atomic mass is 9.45. The van der Waals surface area contributed by atoms with Crippen molar-refractivity contribution in [1.29, 1.82) is 0 Å². The molecule has 0 amide bonds. The van der Waals surface area contributed by atoms with Crippen molar-refractivity contribution in [2.45, 2.75) is 103 Å². The summed E-state index contributed by atoms with van der Waals surface area (Å²) in [4.78, 5) is 12.1. The molecular formula is C27H40O4. The summed E-state index contributed by atoms with van der Waals surface area (Å²) in [5.74, 6) is 2.08. The second kappa shape index (κ2) is 6.45. The van der Waals surface area contributed by atoms with Crippen LogP contribution >= 0.6 is 0 Å². The maximum absolute atomic E-state index is 12.4. The Morgan fingerprint density at radius 1 is 1.03 bits per heavy atom. The number of hydrogen-bond acceptors (Lipinski definition) is 4. The topological polar surface area (TPSA) is 55.8 Å². The van der Waals surface area contributed by atoms with E-state index in [1.165, 1.54) is 5.57 Å². The monoisotopic (exact) mass is 428 g/mol. The van der Waals surface area contributed by atoms with E-state index in [9.17, 15) is 9.90 Å². The maximum atomic E-state index is 12.4. The van der Waals surface area contributed by atoms with E-state index in [1.54, 1.807) is 0 Å². The number of rotatable bonds is 0. The van der Waals surface area contributed by atoms with Crippen LogP contribution in [0.4, 0.5) is 0 Å². The molecule has 2 heterocycles. The van der Waals surface area contributed by atoms with Gasteiger partial charge in [0, 0.05) is 24.2 Å². The average molecular weight is 429 g/mol. The molecule has 2 aliphatic heterocycles. The standard InChI is InChI=1S/C27H40O4/c1-16-7-12-26(30-15-16)17(2)27(29)23(31-26)14-22-20-6-5-18-13-19(28)8-10-24(18,3)21(20)9-11-25(22,27)4/h13,16-17,20-23,29H,5-12,14-15H2,1-4H3. The highest BCUT2D eigenvalue weighted by atomic mass is 16.7. The Hall–Kier alpha value is -0.710. The minimum Gasteiger partial charge on any atom is -0.386 e. The zero-order valence-corrected chi connectivity index (χ0v) is 19.8. The fraction of sp³-hybridized carbons (Fsp3) is 0.889. The average Bonchev–Trinajstić information content (AvgIpc) is 3.09. The van der Waals surface area contributed by atoms with E-state index in [-0.39, 0.29) is 22.9 Å². The van der Waals surface area contributed by atoms with Gasteiger partial charge in [0.1, 0.15) is 5.60 Å². The molecule has 172 valence electrons. The van der Waals surface area contributed by atoms with Gasteiger partial charge >= 0.3 is 0 Å². The van der Waals surface area contributed by atoms with Crippen LogP contribution in [0.25, 0.3) is 0 Å². The van der Waals surface area contributed by atoms with E-state index in [2.05, 4.69) is 27.7 Å². The predicted molar refractivity (Wildman–Crippen MR) is 118 cm³/mol. The number of ketones is 1. The van der Waals surface area contributed by atoms with Crippen LogP contribution in [-0.4, -0.2) is 35.0 Å². The first-order chi connectivity index (χ1) is 14.6. The van der Waals surface area contributed by atoms with Crippen LogP contribution in [-0.2, 0) is 14.3 Å². The van der Waals surface area contributed by atoms with E-state index >= 15 is 0 Å². The van der Waals surface area contributed by atoms with Crippen molar-refractivity contribution in [2.75, 3.05) is 6.61 Å². The number of ether oxygens (including phenoxy) is 2. The van der Waals surface area contributed by atoms with Crippen LogP contribution in [0.2, 0.25) is 0 Å². The van der Waals surface area contributed by atoms with Gasteiger partial charge in [-0.15, -0.1) is 0 Å². The molecule has 5 fully saturated rings. The first kappa shape index (κ1) is 20.9. The molecule has 0 radical (unpaired) electrons. The summed E-state index contributed by atoms with van der Waals surface area (Å²) in [5, 5.41) is 12.4. The van der Waals surface area contributed by atoms with E-state index in [4.69, 9.17) is 9.47 Å². The molecular weight excluding hydrogens is 388 g/mol. The summed E-state index contributed by atoms with van der Waals surface area (Å²) in [6.07, 6.45) is 11.0. The molecule has 0 bridgehead atoms. The van der Waals surface area contributed by atoms with E-state index in [0.29, 0.717) is 35.9 Å². The lowest BCUT2D eigenvalue weighted by Gasteiger charge is -2.59. The normalized spacial score (nSPS) is 58.4. The second-order valence-corrected chi connectivity index (χ2v) is 12.6. The summed E-state index contributed by atoms with van der Waals surface area (Å²) in [7, 11) is 0. The lowest BCUT2D eigenvalue weighted by Crippen LogP contribution is -2.59. The van der Waals surface area contributed by atoms with Crippen molar-refractivity contribution in [3.05, 3.63) is 11.6 Å². The molecule has 6 aliphatic rings. The van der Waals surface area contributed by atoms with Crippen LogP contribution in [0, 0.1) is 40.4 Å². The summed E-state index contributed by atoms with van der Waals surface area (Å²) in [6.45, 7) is 9.98. The van der Waals surface area contributed by atoms with Crippen LogP contribution in [0.15, 0.2) is 11.6 Å². The van der Waals surface area contributed by atoms with Crippen LogP contribution in [0.1, 0.15) is 85.5 Å². The van der Waals surface area contributed by atoms with Crippen molar-refractivity contribution in [3.63, 3.8) is 0 Å². The van der Waals surface area contributed by atoms with Gasteiger partial charge in [0.25, 0.3) is 0 Å². The number of hydrogen-bond donors (Lipinski definition) is 1. The third-order valence-corrected chi connectivity index (χ3v) is 11.5. The highest BCUT2D eigenvalue weighted by Crippen LogP contribution is 2.72. The van der Waals surface area contributed by atoms with Crippen molar-refractivity contribution in [1.82, 2.24) is 0 Å². The Bertz CT molecular complexity index is 825. The van der Waals surface area contributed by atoms with Crippen LogP contribution in [0.5, 0.6) is 0 Å². The Kier molecular flexibility index (Phi) is 4.34. The Labute approximate surface area is 187 Å². The molecule has 0 aromatic heterocycles. The molecule has 3 saturated carbocycles. The third kappa shape index (κ3) is 2.45. The Morgan fingerprint density at radius 3 is 2.58 bits per heavy atom. The fourth-order valence-corrected chi connectivity index (χ4v) is 9.50. The van der Waals surface area contributed by atoms with Crippen molar-refractivity contribution in [2.24, 2.45) is 40.4 Å². The van der Waals surface area contributed by atoms with E-state index < -0.39 is 11.4 Å². The van der Waals surface area contributed by atoms with E-state index in [1.807, 2.05) is 6.08 Å². The lowest BCUT2D eigenvalue weighted by molar-refractivity contribution is -0.274. The molecule has 4 aliphatic carbocycles. The van der Waals surface area contributed by atoms with Crippen molar-refractivity contribution < 1.29 is 19.4 Å². The van der Waals surface area contributed by atoms with Gasteiger partial charge < -0.3 is 14.6 Å². The highest BCUT2D eigenvalue weighted by Gasteiger charge is 2.76. The van der Waals surface area contributed by atoms with Gasteiger partial charge in [0.2, 0.25) is 0 Å². The summed E-state index contributed by atoms with van der Waals surface area (Å²) < 4.78 is 13.1. The maximum Gasteiger partial charge on any atom is 0.174 e. The Balaban J connectivity index is 1.32. The van der Waals surface area contributed by atoms with E-state index in [0.717, 1.165) is 58.0 Å². The molecule has 10 unspecified atom stereocenters. The molecule has 10 atom stereocenters. The summed E-state index contributed by atoms with van der Waals surface area (Å²) in [5.41, 5.74) is 0.673. The van der Waals surface area contributed by atoms with Gasteiger partial charge in [-0.25, -0.2) is 0 Å². The molecule has 2 saturated heterocycles. The molecule has 1 N–H and O–H groups in total. The number of allylic oxidation sites excluding steroid dienone is 1. The SMILES string of the molecule is CC1CCC2(OC1)OC1CC3C4CCC5=CC(=O)CCC5(C)C4CCC3(C)C1(O)C2C. The molecule has 0 aromatic rings. The number of carbonyl (C=O) groups excluding carboxylic acids is 1. The summed E-state index contributed by atoms with van der Waals surface area (Å²) in [6, 6.07) is 0. The fourth-order valence-electron chi connectivity index (χ4n) is 9.50.